The maximum Gasteiger partial charge on any atom is 0.137 e. The van der Waals surface area contributed by atoms with Crippen LogP contribution in [0.4, 0.5) is 4.39 Å². The Kier molecular flexibility index (Phi) is 5.59. The normalized spacial score (nSPS) is 9.95. The third kappa shape index (κ3) is 4.47. The quantitative estimate of drug-likeness (QED) is 0.729. The van der Waals surface area contributed by atoms with Crippen LogP contribution in [0, 0.1) is 17.1 Å². The van der Waals surface area contributed by atoms with Gasteiger partial charge in [0.1, 0.15) is 23.4 Å². The molecule has 0 radical (unpaired) electrons. The lowest BCUT2D eigenvalue weighted by atomic mass is 10.2. The molecule has 0 bridgehead atoms. The molecule has 0 unspecified atom stereocenters. The monoisotopic (exact) mass is 349 g/mol. The van der Waals surface area contributed by atoms with Crippen LogP contribution < -0.4 is 9.47 Å². The third-order valence-corrected chi connectivity index (χ3v) is 3.36. The van der Waals surface area contributed by atoms with E-state index in [1.54, 1.807) is 24.3 Å². The minimum absolute atomic E-state index is 0.340. The van der Waals surface area contributed by atoms with Gasteiger partial charge >= 0.3 is 0 Å². The predicted octanol–water partition coefficient (Wildman–Crippen LogP) is 4.31. The van der Waals surface area contributed by atoms with E-state index in [4.69, 9.17) is 14.7 Å². The second kappa shape index (κ2) is 7.65. The van der Waals surface area contributed by atoms with Gasteiger partial charge in [0.25, 0.3) is 0 Å². The van der Waals surface area contributed by atoms with Gasteiger partial charge in [-0.2, -0.15) is 5.26 Å². The minimum atomic E-state index is -0.340. The van der Waals surface area contributed by atoms with Gasteiger partial charge in [-0.1, -0.05) is 12.1 Å². The molecule has 2 aromatic carbocycles. The Bertz CT molecular complexity index is 655. The largest absolute Gasteiger partial charge is 0.492 e. The van der Waals surface area contributed by atoms with Crippen LogP contribution in [0.25, 0.3) is 0 Å². The maximum absolute atomic E-state index is 13.1. The van der Waals surface area contributed by atoms with Crippen LogP contribution in [0.15, 0.2) is 46.9 Å². The van der Waals surface area contributed by atoms with Gasteiger partial charge in [-0.3, -0.25) is 0 Å². The fourth-order valence-corrected chi connectivity index (χ4v) is 2.06. The highest BCUT2D eigenvalue weighted by Gasteiger charge is 2.04. The molecule has 0 aromatic heterocycles. The molecule has 5 heteroatoms. The Hall–Kier alpha value is -2.06. The van der Waals surface area contributed by atoms with E-state index in [1.807, 2.05) is 6.07 Å². The average molecular weight is 350 g/mol. The summed E-state index contributed by atoms with van der Waals surface area (Å²) in [5.74, 6) is 0.687. The van der Waals surface area contributed by atoms with Gasteiger partial charge in [-0.25, -0.2) is 4.39 Å². The summed E-state index contributed by atoms with van der Waals surface area (Å²) in [6, 6.07) is 13.4. The second-order valence-corrected chi connectivity index (χ2v) is 5.09. The Morgan fingerprint density at radius 3 is 2.52 bits per heavy atom. The predicted molar refractivity (Wildman–Crippen MR) is 80.9 cm³/mol. The van der Waals surface area contributed by atoms with Crippen molar-refractivity contribution in [1.82, 2.24) is 0 Å². The lowest BCUT2D eigenvalue weighted by Gasteiger charge is -2.10. The lowest BCUT2D eigenvalue weighted by molar-refractivity contribution is 0.246. The molecule has 0 heterocycles. The number of rotatable bonds is 6. The van der Waals surface area contributed by atoms with Gasteiger partial charge in [0.05, 0.1) is 23.2 Å². The van der Waals surface area contributed by atoms with Crippen LogP contribution in [0.5, 0.6) is 11.5 Å². The van der Waals surface area contributed by atoms with Crippen molar-refractivity contribution in [3.63, 3.8) is 0 Å². The van der Waals surface area contributed by atoms with E-state index >= 15 is 0 Å². The zero-order chi connectivity index (χ0) is 15.1. The van der Waals surface area contributed by atoms with Crippen molar-refractivity contribution >= 4 is 15.9 Å². The van der Waals surface area contributed by atoms with Crippen molar-refractivity contribution < 1.29 is 13.9 Å². The van der Waals surface area contributed by atoms with E-state index in [0.717, 1.165) is 0 Å². The van der Waals surface area contributed by atoms with Crippen LogP contribution in [-0.4, -0.2) is 13.2 Å². The molecule has 2 aromatic rings. The molecular weight excluding hydrogens is 337 g/mol. The molecule has 0 aliphatic rings. The van der Waals surface area contributed by atoms with E-state index in [2.05, 4.69) is 22.0 Å². The molecule has 3 nitrogen and oxygen atoms in total. The molecule has 0 atom stereocenters. The summed E-state index contributed by atoms with van der Waals surface area (Å²) in [5, 5.41) is 8.93. The highest BCUT2D eigenvalue weighted by molar-refractivity contribution is 9.10. The Morgan fingerprint density at radius 2 is 1.76 bits per heavy atom. The van der Waals surface area contributed by atoms with Crippen molar-refractivity contribution in [3.8, 4) is 17.6 Å². The molecular formula is C16H13BrFNO2. The highest BCUT2D eigenvalue weighted by atomic mass is 79.9. The third-order valence-electron chi connectivity index (χ3n) is 2.70. The van der Waals surface area contributed by atoms with Gasteiger partial charge in [0, 0.05) is 12.5 Å². The van der Waals surface area contributed by atoms with Gasteiger partial charge < -0.3 is 9.47 Å². The molecule has 21 heavy (non-hydrogen) atoms. The number of ether oxygens (including phenoxy) is 2. The summed E-state index contributed by atoms with van der Waals surface area (Å²) in [6.07, 6.45) is 0.628. The van der Waals surface area contributed by atoms with E-state index < -0.39 is 0 Å². The summed E-state index contributed by atoms with van der Waals surface area (Å²) < 4.78 is 24.8. The van der Waals surface area contributed by atoms with Gasteiger partial charge in [-0.05, 0) is 40.2 Å². The summed E-state index contributed by atoms with van der Waals surface area (Å²) >= 11 is 3.30. The fourth-order valence-electron chi connectivity index (χ4n) is 1.70. The number of halogens is 2. The van der Waals surface area contributed by atoms with Gasteiger partial charge in [-0.15, -0.1) is 0 Å². The number of nitriles is 1. The van der Waals surface area contributed by atoms with Gasteiger partial charge in [0.15, 0.2) is 0 Å². The molecule has 0 spiro atoms. The van der Waals surface area contributed by atoms with E-state index in [0.29, 0.717) is 41.2 Å². The molecule has 0 amide bonds. The first-order chi connectivity index (χ1) is 10.2. The van der Waals surface area contributed by atoms with E-state index in [1.165, 1.54) is 12.1 Å². The highest BCUT2D eigenvalue weighted by Crippen LogP contribution is 2.25. The Labute approximate surface area is 131 Å². The first kappa shape index (κ1) is 15.3. The Balaban J connectivity index is 1.78. The summed E-state index contributed by atoms with van der Waals surface area (Å²) in [6.45, 7) is 0.822. The number of para-hydroxylation sites is 1. The fraction of sp³-hybridized carbons (Fsp3) is 0.188. The van der Waals surface area contributed by atoms with Crippen molar-refractivity contribution in [2.24, 2.45) is 0 Å². The maximum atomic E-state index is 13.1. The smallest absolute Gasteiger partial charge is 0.137 e. The number of benzene rings is 2. The average Bonchev–Trinajstić information content (AvgIpc) is 2.50. The molecule has 108 valence electrons. The standard InChI is InChI=1S/C16H13BrFNO2/c17-14-7-6-13(18)10-16(14)21-9-3-8-20-15-5-2-1-4-12(15)11-19/h1-2,4-7,10H,3,8-9H2. The van der Waals surface area contributed by atoms with Crippen LogP contribution in [0.3, 0.4) is 0 Å². The second-order valence-electron chi connectivity index (χ2n) is 4.23. The first-order valence-corrected chi connectivity index (χ1v) is 7.20. The molecule has 2 rings (SSSR count). The number of hydrogen-bond acceptors (Lipinski definition) is 3. The molecule has 0 aliphatic heterocycles. The van der Waals surface area contributed by atoms with Crippen LogP contribution >= 0.6 is 15.9 Å². The van der Waals surface area contributed by atoms with Crippen molar-refractivity contribution in [3.05, 3.63) is 58.3 Å². The molecule has 0 fully saturated rings. The molecule has 0 saturated carbocycles. The van der Waals surface area contributed by atoms with E-state index in [-0.39, 0.29) is 5.82 Å². The molecule has 0 saturated heterocycles. The summed E-state index contributed by atoms with van der Waals surface area (Å²) in [7, 11) is 0. The Morgan fingerprint density at radius 1 is 1.05 bits per heavy atom. The molecule has 0 N–H and O–H groups in total. The zero-order valence-corrected chi connectivity index (χ0v) is 12.8. The number of hydrogen-bond donors (Lipinski definition) is 0. The van der Waals surface area contributed by atoms with Crippen LogP contribution in [-0.2, 0) is 0 Å². The summed E-state index contributed by atoms with van der Waals surface area (Å²) in [5.41, 5.74) is 0.506. The SMILES string of the molecule is N#Cc1ccccc1OCCCOc1cc(F)ccc1Br. The topological polar surface area (TPSA) is 42.2 Å². The van der Waals surface area contributed by atoms with Crippen molar-refractivity contribution in [2.75, 3.05) is 13.2 Å². The summed E-state index contributed by atoms with van der Waals surface area (Å²) in [4.78, 5) is 0. The zero-order valence-electron chi connectivity index (χ0n) is 11.2. The first-order valence-electron chi connectivity index (χ1n) is 6.40. The van der Waals surface area contributed by atoms with E-state index in [9.17, 15) is 4.39 Å². The lowest BCUT2D eigenvalue weighted by Crippen LogP contribution is -2.06. The van der Waals surface area contributed by atoms with Crippen LogP contribution in [0.1, 0.15) is 12.0 Å². The van der Waals surface area contributed by atoms with Gasteiger partial charge in [0.2, 0.25) is 0 Å². The van der Waals surface area contributed by atoms with Crippen LogP contribution in [0.2, 0.25) is 0 Å². The number of nitrogens with zero attached hydrogens (tertiary/aromatic N) is 1. The minimum Gasteiger partial charge on any atom is -0.492 e. The van der Waals surface area contributed by atoms with Crippen molar-refractivity contribution in [1.29, 1.82) is 5.26 Å². The van der Waals surface area contributed by atoms with Crippen molar-refractivity contribution in [2.45, 2.75) is 6.42 Å². The molecule has 0 aliphatic carbocycles.